The van der Waals surface area contributed by atoms with Crippen LogP contribution in [0.2, 0.25) is 0 Å². The summed E-state index contributed by atoms with van der Waals surface area (Å²) in [5.41, 5.74) is 6.43. The van der Waals surface area contributed by atoms with E-state index in [0.29, 0.717) is 5.75 Å². The zero-order valence-electron chi connectivity index (χ0n) is 18.2. The van der Waals surface area contributed by atoms with Crippen LogP contribution < -0.4 is 0 Å². The molecule has 1 N–H and O–H groups in total. The van der Waals surface area contributed by atoms with Gasteiger partial charge in [-0.1, -0.05) is 86.2 Å². The zero-order valence-corrected chi connectivity index (χ0v) is 18.2. The van der Waals surface area contributed by atoms with E-state index >= 15 is 0 Å². The molecule has 0 bridgehead atoms. The van der Waals surface area contributed by atoms with Crippen LogP contribution in [0.3, 0.4) is 0 Å². The maximum atomic E-state index is 9.63. The number of phenols is 1. The SMILES string of the molecule is CCCc1ccc(-c2ccc(CN3C(c4ccc(O)cc4)C=CC3(C)C)cc2)cc1. The van der Waals surface area contributed by atoms with Gasteiger partial charge < -0.3 is 5.11 Å². The quantitative estimate of drug-likeness (QED) is 0.457. The molecule has 2 nitrogen and oxygen atoms in total. The molecule has 1 heterocycles. The lowest BCUT2D eigenvalue weighted by atomic mass is 9.99. The van der Waals surface area contributed by atoms with Gasteiger partial charge >= 0.3 is 0 Å². The molecular weight excluding hydrogens is 366 g/mol. The van der Waals surface area contributed by atoms with Crippen LogP contribution >= 0.6 is 0 Å². The molecule has 0 radical (unpaired) electrons. The number of aryl methyl sites for hydroxylation is 1. The molecule has 0 aromatic heterocycles. The van der Waals surface area contributed by atoms with Gasteiger partial charge in [0.25, 0.3) is 0 Å². The predicted molar refractivity (Wildman–Crippen MR) is 125 cm³/mol. The van der Waals surface area contributed by atoms with Crippen LogP contribution in [0, 0.1) is 0 Å². The van der Waals surface area contributed by atoms with E-state index in [1.807, 2.05) is 12.1 Å². The molecule has 0 saturated carbocycles. The van der Waals surface area contributed by atoms with Gasteiger partial charge in [-0.2, -0.15) is 0 Å². The Kier molecular flexibility index (Phi) is 5.78. The van der Waals surface area contributed by atoms with Gasteiger partial charge in [0.05, 0.1) is 6.04 Å². The van der Waals surface area contributed by atoms with Gasteiger partial charge in [-0.25, -0.2) is 0 Å². The fraction of sp³-hybridized carbons (Fsp3) is 0.286. The largest absolute Gasteiger partial charge is 0.508 e. The first kappa shape index (κ1) is 20.4. The van der Waals surface area contributed by atoms with E-state index in [1.54, 1.807) is 12.1 Å². The highest BCUT2D eigenvalue weighted by Crippen LogP contribution is 2.38. The summed E-state index contributed by atoms with van der Waals surface area (Å²) in [6, 6.07) is 25.7. The van der Waals surface area contributed by atoms with Gasteiger partial charge in [0.15, 0.2) is 0 Å². The van der Waals surface area contributed by atoms with Crippen LogP contribution in [-0.4, -0.2) is 15.5 Å². The molecule has 1 aliphatic rings. The molecule has 1 unspecified atom stereocenters. The van der Waals surface area contributed by atoms with Gasteiger partial charge in [0, 0.05) is 12.1 Å². The molecule has 1 atom stereocenters. The summed E-state index contributed by atoms with van der Waals surface area (Å²) >= 11 is 0. The molecule has 0 fully saturated rings. The molecule has 30 heavy (non-hydrogen) atoms. The summed E-state index contributed by atoms with van der Waals surface area (Å²) in [6.07, 6.45) is 6.89. The first-order chi connectivity index (χ1) is 14.5. The van der Waals surface area contributed by atoms with Crippen LogP contribution in [0.15, 0.2) is 84.9 Å². The predicted octanol–water partition coefficient (Wildman–Crippen LogP) is 6.90. The summed E-state index contributed by atoms with van der Waals surface area (Å²) in [4.78, 5) is 2.51. The molecule has 2 heteroatoms. The lowest BCUT2D eigenvalue weighted by Gasteiger charge is -2.36. The van der Waals surface area contributed by atoms with Crippen LogP contribution in [-0.2, 0) is 13.0 Å². The van der Waals surface area contributed by atoms with Gasteiger partial charge in [0.1, 0.15) is 5.75 Å². The van der Waals surface area contributed by atoms with Crippen molar-refractivity contribution in [2.45, 2.75) is 51.7 Å². The second-order valence-electron chi connectivity index (χ2n) is 8.82. The van der Waals surface area contributed by atoms with Gasteiger partial charge in [-0.15, -0.1) is 0 Å². The normalized spacial score (nSPS) is 18.0. The molecule has 4 rings (SSSR count). The Hall–Kier alpha value is -2.84. The molecule has 0 saturated heterocycles. The summed E-state index contributed by atoms with van der Waals surface area (Å²) in [7, 11) is 0. The minimum Gasteiger partial charge on any atom is -0.508 e. The molecule has 1 aliphatic heterocycles. The van der Waals surface area contributed by atoms with Crippen molar-refractivity contribution >= 4 is 0 Å². The van der Waals surface area contributed by atoms with Crippen LogP contribution in [0.5, 0.6) is 5.75 Å². The molecule has 0 spiro atoms. The Balaban J connectivity index is 1.51. The maximum absolute atomic E-state index is 9.63. The Morgan fingerprint density at radius 1 is 0.800 bits per heavy atom. The Morgan fingerprint density at radius 2 is 1.37 bits per heavy atom. The maximum Gasteiger partial charge on any atom is 0.115 e. The molecule has 3 aromatic carbocycles. The molecule has 0 aliphatic carbocycles. The lowest BCUT2D eigenvalue weighted by molar-refractivity contribution is 0.138. The van der Waals surface area contributed by atoms with Crippen LogP contribution in [0.1, 0.15) is 49.9 Å². The molecule has 154 valence electrons. The van der Waals surface area contributed by atoms with E-state index in [0.717, 1.165) is 13.0 Å². The Morgan fingerprint density at radius 3 is 1.93 bits per heavy atom. The average Bonchev–Trinajstić information content (AvgIpc) is 3.04. The molecular formula is C28H31NO. The summed E-state index contributed by atoms with van der Waals surface area (Å²) in [6.45, 7) is 7.61. The van der Waals surface area contributed by atoms with Crippen LogP contribution in [0.4, 0.5) is 0 Å². The minimum atomic E-state index is -0.0175. The van der Waals surface area contributed by atoms with Crippen molar-refractivity contribution in [1.29, 1.82) is 0 Å². The second kappa shape index (κ2) is 8.49. The van der Waals surface area contributed by atoms with Crippen molar-refractivity contribution in [2.24, 2.45) is 0 Å². The van der Waals surface area contributed by atoms with Gasteiger partial charge in [0.2, 0.25) is 0 Å². The highest BCUT2D eigenvalue weighted by molar-refractivity contribution is 5.64. The highest BCUT2D eigenvalue weighted by atomic mass is 16.3. The van der Waals surface area contributed by atoms with Crippen molar-refractivity contribution in [3.63, 3.8) is 0 Å². The monoisotopic (exact) mass is 397 g/mol. The summed E-state index contributed by atoms with van der Waals surface area (Å²) < 4.78 is 0. The van der Waals surface area contributed by atoms with Crippen LogP contribution in [0.25, 0.3) is 11.1 Å². The van der Waals surface area contributed by atoms with E-state index in [9.17, 15) is 5.11 Å². The smallest absolute Gasteiger partial charge is 0.115 e. The third-order valence-electron chi connectivity index (χ3n) is 6.13. The number of benzene rings is 3. The first-order valence-corrected chi connectivity index (χ1v) is 10.9. The standard InChI is InChI=1S/C28H31NO/c1-4-5-21-6-10-23(11-7-21)24-12-8-22(9-13-24)20-29-27(18-19-28(29,2)3)25-14-16-26(30)17-15-25/h6-19,27,30H,4-5,20H2,1-3H3. The van der Waals surface area contributed by atoms with Gasteiger partial charge in [-0.05, 0) is 60.2 Å². The van der Waals surface area contributed by atoms with E-state index in [1.165, 1.54) is 34.2 Å². The minimum absolute atomic E-state index is 0.0175. The van der Waals surface area contributed by atoms with E-state index in [-0.39, 0.29) is 11.6 Å². The number of hydrogen-bond acceptors (Lipinski definition) is 2. The van der Waals surface area contributed by atoms with Crippen molar-refractivity contribution < 1.29 is 5.11 Å². The number of hydrogen-bond donors (Lipinski definition) is 1. The number of phenolic OH excluding ortho intramolecular Hbond substituents is 1. The first-order valence-electron chi connectivity index (χ1n) is 10.9. The number of aromatic hydroxyl groups is 1. The van der Waals surface area contributed by atoms with Crippen molar-refractivity contribution in [1.82, 2.24) is 4.90 Å². The van der Waals surface area contributed by atoms with Gasteiger partial charge in [-0.3, -0.25) is 4.90 Å². The van der Waals surface area contributed by atoms with Crippen molar-refractivity contribution in [3.05, 3.63) is 102 Å². The topological polar surface area (TPSA) is 23.5 Å². The van der Waals surface area contributed by atoms with E-state index in [4.69, 9.17) is 0 Å². The van der Waals surface area contributed by atoms with E-state index in [2.05, 4.69) is 86.4 Å². The number of rotatable bonds is 6. The fourth-order valence-corrected chi connectivity index (χ4v) is 4.30. The number of nitrogens with zero attached hydrogens (tertiary/aromatic N) is 1. The highest BCUT2D eigenvalue weighted by Gasteiger charge is 2.35. The third-order valence-corrected chi connectivity index (χ3v) is 6.13. The van der Waals surface area contributed by atoms with Crippen molar-refractivity contribution in [2.75, 3.05) is 0 Å². The Labute approximate surface area is 180 Å². The zero-order chi connectivity index (χ0) is 21.1. The lowest BCUT2D eigenvalue weighted by Crippen LogP contribution is -2.39. The molecule has 0 amide bonds. The Bertz CT molecular complexity index is 998. The summed E-state index contributed by atoms with van der Waals surface area (Å²) in [5, 5.41) is 9.63. The average molecular weight is 398 g/mol. The third kappa shape index (κ3) is 4.34. The summed E-state index contributed by atoms with van der Waals surface area (Å²) in [5.74, 6) is 0.310. The van der Waals surface area contributed by atoms with E-state index < -0.39 is 0 Å². The second-order valence-corrected chi connectivity index (χ2v) is 8.82. The molecule has 3 aromatic rings. The fourth-order valence-electron chi connectivity index (χ4n) is 4.30. The van der Waals surface area contributed by atoms with Crippen molar-refractivity contribution in [3.8, 4) is 16.9 Å².